The summed E-state index contributed by atoms with van der Waals surface area (Å²) in [6.45, 7) is 0.464. The Balaban J connectivity index is 2.27. The van der Waals surface area contributed by atoms with Crippen molar-refractivity contribution in [1.29, 1.82) is 0 Å². The molecule has 0 atom stereocenters. The minimum atomic E-state index is -0.748. The second-order valence-electron chi connectivity index (χ2n) is 4.03. The van der Waals surface area contributed by atoms with Crippen LogP contribution >= 0.6 is 0 Å². The molecule has 2 aromatic rings. The number of rotatable bonds is 4. The quantitative estimate of drug-likeness (QED) is 0.913. The van der Waals surface area contributed by atoms with Gasteiger partial charge in [0.1, 0.15) is 29.0 Å². The number of hydrogen-bond acceptors (Lipinski definition) is 2. The van der Waals surface area contributed by atoms with Gasteiger partial charge in [0.15, 0.2) is 0 Å². The molecule has 19 heavy (non-hydrogen) atoms. The Bertz CT molecular complexity index is 567. The van der Waals surface area contributed by atoms with E-state index in [0.717, 1.165) is 24.3 Å². The van der Waals surface area contributed by atoms with Crippen molar-refractivity contribution in [3.8, 4) is 11.5 Å². The highest BCUT2D eigenvalue weighted by Gasteiger charge is 2.06. The van der Waals surface area contributed by atoms with Gasteiger partial charge < -0.3 is 10.1 Å². The molecule has 0 amide bonds. The number of benzene rings is 2. The summed E-state index contributed by atoms with van der Waals surface area (Å²) < 4.78 is 44.6. The van der Waals surface area contributed by atoms with Crippen LogP contribution in [0.2, 0.25) is 0 Å². The molecular weight excluding hydrogens is 255 g/mol. The predicted octanol–water partition coefficient (Wildman–Crippen LogP) is 3.62. The third-order valence-corrected chi connectivity index (χ3v) is 2.38. The lowest BCUT2D eigenvalue weighted by molar-refractivity contribution is 0.462. The van der Waals surface area contributed by atoms with Crippen LogP contribution in [0.4, 0.5) is 13.2 Å². The van der Waals surface area contributed by atoms with Crippen molar-refractivity contribution in [1.82, 2.24) is 5.32 Å². The molecule has 0 aliphatic rings. The van der Waals surface area contributed by atoms with Gasteiger partial charge in [-0.05, 0) is 24.7 Å². The van der Waals surface area contributed by atoms with E-state index in [0.29, 0.717) is 12.1 Å². The standard InChI is InChI=1S/C14H12F3NO/c1-18-8-9-2-10(15)5-13(3-9)19-14-6-11(16)4-12(17)7-14/h2-7,18H,8H2,1H3. The first-order valence-electron chi connectivity index (χ1n) is 5.65. The smallest absolute Gasteiger partial charge is 0.133 e. The summed E-state index contributed by atoms with van der Waals surface area (Å²) in [6, 6.07) is 6.92. The van der Waals surface area contributed by atoms with Gasteiger partial charge in [0.25, 0.3) is 0 Å². The van der Waals surface area contributed by atoms with E-state index in [2.05, 4.69) is 5.32 Å². The zero-order chi connectivity index (χ0) is 13.8. The van der Waals surface area contributed by atoms with Crippen molar-refractivity contribution in [2.45, 2.75) is 6.54 Å². The van der Waals surface area contributed by atoms with Crippen LogP contribution in [0.1, 0.15) is 5.56 Å². The molecule has 0 unspecified atom stereocenters. The van der Waals surface area contributed by atoms with Crippen LogP contribution < -0.4 is 10.1 Å². The number of hydrogen-bond donors (Lipinski definition) is 1. The Labute approximate surface area is 108 Å². The number of ether oxygens (including phenoxy) is 1. The maximum absolute atomic E-state index is 13.4. The lowest BCUT2D eigenvalue weighted by Gasteiger charge is -2.08. The first-order chi connectivity index (χ1) is 9.06. The molecule has 2 aromatic carbocycles. The highest BCUT2D eigenvalue weighted by Crippen LogP contribution is 2.25. The fourth-order valence-electron chi connectivity index (χ4n) is 1.71. The minimum Gasteiger partial charge on any atom is -0.457 e. The molecule has 1 N–H and O–H groups in total. The average Bonchev–Trinajstić information content (AvgIpc) is 2.26. The van der Waals surface area contributed by atoms with E-state index in [1.54, 1.807) is 13.1 Å². The van der Waals surface area contributed by atoms with E-state index in [-0.39, 0.29) is 11.5 Å². The van der Waals surface area contributed by atoms with Gasteiger partial charge in [0.2, 0.25) is 0 Å². The Morgan fingerprint density at radius 1 is 0.842 bits per heavy atom. The summed E-state index contributed by atoms with van der Waals surface area (Å²) in [6.07, 6.45) is 0. The van der Waals surface area contributed by atoms with Crippen LogP contribution in [0.3, 0.4) is 0 Å². The summed E-state index contributed by atoms with van der Waals surface area (Å²) in [5.41, 5.74) is 0.675. The van der Waals surface area contributed by atoms with Gasteiger partial charge in [-0.3, -0.25) is 0 Å². The van der Waals surface area contributed by atoms with Crippen molar-refractivity contribution in [3.63, 3.8) is 0 Å². The first-order valence-corrected chi connectivity index (χ1v) is 5.65. The molecule has 0 bridgehead atoms. The van der Waals surface area contributed by atoms with E-state index in [4.69, 9.17) is 4.74 Å². The molecule has 2 rings (SSSR count). The zero-order valence-corrected chi connectivity index (χ0v) is 10.2. The number of nitrogens with one attached hydrogen (secondary N) is 1. The lowest BCUT2D eigenvalue weighted by atomic mass is 10.2. The van der Waals surface area contributed by atoms with E-state index < -0.39 is 17.5 Å². The third-order valence-electron chi connectivity index (χ3n) is 2.38. The van der Waals surface area contributed by atoms with E-state index in [1.165, 1.54) is 6.07 Å². The van der Waals surface area contributed by atoms with Crippen molar-refractivity contribution in [2.24, 2.45) is 0 Å². The molecule has 0 aliphatic carbocycles. The second kappa shape index (κ2) is 5.75. The number of halogens is 3. The molecule has 0 fully saturated rings. The molecule has 100 valence electrons. The van der Waals surface area contributed by atoms with Gasteiger partial charge in [0, 0.05) is 30.8 Å². The molecule has 0 aromatic heterocycles. The molecule has 0 saturated carbocycles. The Morgan fingerprint density at radius 2 is 1.37 bits per heavy atom. The predicted molar refractivity (Wildman–Crippen MR) is 65.6 cm³/mol. The lowest BCUT2D eigenvalue weighted by Crippen LogP contribution is -2.05. The van der Waals surface area contributed by atoms with Crippen molar-refractivity contribution < 1.29 is 17.9 Å². The van der Waals surface area contributed by atoms with Crippen LogP contribution in [0.25, 0.3) is 0 Å². The molecule has 0 heterocycles. The van der Waals surface area contributed by atoms with Crippen LogP contribution in [-0.2, 0) is 6.54 Å². The fraction of sp³-hybridized carbons (Fsp3) is 0.143. The Morgan fingerprint density at radius 3 is 1.95 bits per heavy atom. The van der Waals surface area contributed by atoms with Crippen molar-refractivity contribution >= 4 is 0 Å². The Hall–Kier alpha value is -2.01. The van der Waals surface area contributed by atoms with E-state index in [1.807, 2.05) is 0 Å². The summed E-state index contributed by atoms with van der Waals surface area (Å²) in [5.74, 6) is -1.79. The summed E-state index contributed by atoms with van der Waals surface area (Å²) >= 11 is 0. The summed E-state index contributed by atoms with van der Waals surface area (Å²) in [5, 5.41) is 2.88. The molecular formula is C14H12F3NO. The first kappa shape index (κ1) is 13.4. The van der Waals surface area contributed by atoms with Crippen LogP contribution in [0.5, 0.6) is 11.5 Å². The molecule has 0 radical (unpaired) electrons. The molecule has 2 nitrogen and oxygen atoms in total. The maximum Gasteiger partial charge on any atom is 0.133 e. The van der Waals surface area contributed by atoms with Crippen LogP contribution in [-0.4, -0.2) is 7.05 Å². The zero-order valence-electron chi connectivity index (χ0n) is 10.2. The second-order valence-corrected chi connectivity index (χ2v) is 4.03. The van der Waals surface area contributed by atoms with Gasteiger partial charge in [-0.1, -0.05) is 0 Å². The van der Waals surface area contributed by atoms with Gasteiger partial charge in [-0.2, -0.15) is 0 Å². The van der Waals surface area contributed by atoms with E-state index >= 15 is 0 Å². The van der Waals surface area contributed by atoms with Gasteiger partial charge >= 0.3 is 0 Å². The minimum absolute atomic E-state index is 0.0153. The van der Waals surface area contributed by atoms with Crippen molar-refractivity contribution in [2.75, 3.05) is 7.05 Å². The van der Waals surface area contributed by atoms with Gasteiger partial charge in [0.05, 0.1) is 0 Å². The Kier molecular flexibility index (Phi) is 4.06. The van der Waals surface area contributed by atoms with Gasteiger partial charge in [-0.25, -0.2) is 13.2 Å². The van der Waals surface area contributed by atoms with Crippen molar-refractivity contribution in [3.05, 3.63) is 59.4 Å². The van der Waals surface area contributed by atoms with Gasteiger partial charge in [-0.15, -0.1) is 0 Å². The van der Waals surface area contributed by atoms with Crippen LogP contribution in [0, 0.1) is 17.5 Å². The summed E-state index contributed by atoms with van der Waals surface area (Å²) in [4.78, 5) is 0. The topological polar surface area (TPSA) is 21.3 Å². The molecule has 0 spiro atoms. The highest BCUT2D eigenvalue weighted by molar-refractivity contribution is 5.35. The highest BCUT2D eigenvalue weighted by atomic mass is 19.1. The molecule has 5 heteroatoms. The third kappa shape index (κ3) is 3.72. The monoisotopic (exact) mass is 267 g/mol. The molecule has 0 saturated heterocycles. The van der Waals surface area contributed by atoms with Crippen LogP contribution in [0.15, 0.2) is 36.4 Å². The maximum atomic E-state index is 13.4. The fourth-order valence-corrected chi connectivity index (χ4v) is 1.71. The SMILES string of the molecule is CNCc1cc(F)cc(Oc2cc(F)cc(F)c2)c1. The van der Waals surface area contributed by atoms with E-state index in [9.17, 15) is 13.2 Å². The molecule has 0 aliphatic heterocycles. The largest absolute Gasteiger partial charge is 0.457 e. The average molecular weight is 267 g/mol. The summed E-state index contributed by atoms with van der Waals surface area (Å²) in [7, 11) is 1.73. The normalized spacial score (nSPS) is 10.5.